The molecule has 1 N–H and O–H groups in total. The lowest BCUT2D eigenvalue weighted by Crippen LogP contribution is -2.59. The van der Waals surface area contributed by atoms with Gasteiger partial charge in [-0.3, -0.25) is 4.79 Å². The van der Waals surface area contributed by atoms with Crippen molar-refractivity contribution in [1.29, 1.82) is 0 Å². The molecule has 1 heterocycles. The molecule has 1 fully saturated rings. The molecule has 4 heteroatoms. The van der Waals surface area contributed by atoms with E-state index in [1.54, 1.807) is 7.11 Å². The van der Waals surface area contributed by atoms with Gasteiger partial charge in [0.1, 0.15) is 0 Å². The van der Waals surface area contributed by atoms with Crippen LogP contribution in [0.1, 0.15) is 30.9 Å². The Bertz CT molecular complexity index is 724. The molecule has 0 amide bonds. The highest BCUT2D eigenvalue weighted by molar-refractivity contribution is 5.96. The van der Waals surface area contributed by atoms with E-state index in [0.29, 0.717) is 18.2 Å². The average Bonchev–Trinajstić information content (AvgIpc) is 2.52. The van der Waals surface area contributed by atoms with Crippen LogP contribution in [0.2, 0.25) is 0 Å². The lowest BCUT2D eigenvalue weighted by molar-refractivity contribution is -0.119. The summed E-state index contributed by atoms with van der Waals surface area (Å²) in [4.78, 5) is 14.7. The summed E-state index contributed by atoms with van der Waals surface area (Å²) in [5.41, 5.74) is 2.79. The quantitative estimate of drug-likeness (QED) is 0.865. The van der Waals surface area contributed by atoms with Crippen molar-refractivity contribution in [3.05, 3.63) is 34.9 Å². The number of phenolic OH excluding ortho intramolecular Hbond substituents is 1. The normalized spacial score (nSPS) is 32.8. The maximum atomic E-state index is 12.3. The Labute approximate surface area is 136 Å². The molecule has 0 aromatic heterocycles. The molecule has 3 unspecified atom stereocenters. The molecule has 0 radical (unpaired) electrons. The Kier molecular flexibility index (Phi) is 3.11. The van der Waals surface area contributed by atoms with Crippen molar-refractivity contribution in [3.63, 3.8) is 0 Å². The average molecular weight is 313 g/mol. The van der Waals surface area contributed by atoms with Crippen molar-refractivity contribution in [2.75, 3.05) is 20.7 Å². The predicted molar refractivity (Wildman–Crippen MR) is 87.9 cm³/mol. The van der Waals surface area contributed by atoms with Crippen LogP contribution in [0.4, 0.5) is 0 Å². The number of benzene rings is 1. The topological polar surface area (TPSA) is 49.8 Å². The fraction of sp³-hybridized carbons (Fsp3) is 0.526. The number of aromatic hydroxyl groups is 1. The van der Waals surface area contributed by atoms with Gasteiger partial charge in [-0.15, -0.1) is 0 Å². The summed E-state index contributed by atoms with van der Waals surface area (Å²) in [7, 11) is 3.74. The molecule has 2 aliphatic carbocycles. The van der Waals surface area contributed by atoms with E-state index in [2.05, 4.69) is 24.1 Å². The van der Waals surface area contributed by atoms with E-state index in [9.17, 15) is 9.90 Å². The van der Waals surface area contributed by atoms with E-state index in [-0.39, 0.29) is 22.9 Å². The van der Waals surface area contributed by atoms with Gasteiger partial charge in [0.2, 0.25) is 0 Å². The summed E-state index contributed by atoms with van der Waals surface area (Å²) in [5.74, 6) is 1.27. The molecule has 4 nitrogen and oxygen atoms in total. The van der Waals surface area contributed by atoms with E-state index < -0.39 is 0 Å². The maximum absolute atomic E-state index is 12.3. The lowest BCUT2D eigenvalue weighted by atomic mass is 9.53. The van der Waals surface area contributed by atoms with Gasteiger partial charge in [-0.25, -0.2) is 0 Å². The summed E-state index contributed by atoms with van der Waals surface area (Å²) in [6.07, 6.45) is 4.53. The monoisotopic (exact) mass is 313 g/mol. The Morgan fingerprint density at radius 3 is 2.87 bits per heavy atom. The van der Waals surface area contributed by atoms with Crippen molar-refractivity contribution in [1.82, 2.24) is 4.90 Å². The SMILES string of the molecule is COc1ccc2c(c1O)C13C=C(C)C(=O)CC1C(C2)N(C)CC3. The predicted octanol–water partition coefficient (Wildman–Crippen LogP) is 2.43. The standard InChI is InChI=1S/C19H23NO3/c1-11-10-19-6-7-20(2)14(13(19)9-15(11)21)8-12-4-5-16(23-3)18(22)17(12)19/h4-5,10,13-14,22H,6-9H2,1-3H3. The van der Waals surface area contributed by atoms with Gasteiger partial charge < -0.3 is 14.7 Å². The molecule has 0 saturated carbocycles. The number of piperidine rings is 1. The third kappa shape index (κ3) is 1.84. The van der Waals surface area contributed by atoms with E-state index in [0.717, 1.165) is 30.5 Å². The second-order valence-electron chi connectivity index (χ2n) is 7.25. The minimum atomic E-state index is -0.235. The number of likely N-dealkylation sites (tertiary alicyclic amines) is 1. The molecule has 2 bridgehead atoms. The van der Waals surface area contributed by atoms with Gasteiger partial charge in [0, 0.05) is 23.4 Å². The lowest BCUT2D eigenvalue weighted by Gasteiger charge is -2.56. The number of hydrogen-bond acceptors (Lipinski definition) is 4. The number of hydrogen-bond donors (Lipinski definition) is 1. The van der Waals surface area contributed by atoms with E-state index in [1.165, 1.54) is 5.56 Å². The largest absolute Gasteiger partial charge is 0.504 e. The number of nitrogens with zero attached hydrogens (tertiary/aromatic N) is 1. The first-order valence-electron chi connectivity index (χ1n) is 8.30. The van der Waals surface area contributed by atoms with Crippen LogP contribution >= 0.6 is 0 Å². The number of carbonyl (C=O) groups is 1. The second-order valence-corrected chi connectivity index (χ2v) is 7.25. The van der Waals surface area contributed by atoms with Crippen LogP contribution in [0.25, 0.3) is 0 Å². The minimum absolute atomic E-state index is 0.235. The molecule has 3 atom stereocenters. The van der Waals surface area contributed by atoms with E-state index in [4.69, 9.17) is 4.74 Å². The zero-order chi connectivity index (χ0) is 16.4. The summed E-state index contributed by atoms with van der Waals surface area (Å²) in [6.45, 7) is 2.89. The highest BCUT2D eigenvalue weighted by atomic mass is 16.5. The van der Waals surface area contributed by atoms with Gasteiger partial charge in [-0.1, -0.05) is 12.1 Å². The summed E-state index contributed by atoms with van der Waals surface area (Å²) in [5, 5.41) is 10.8. The van der Waals surface area contributed by atoms with Crippen molar-refractivity contribution < 1.29 is 14.6 Å². The van der Waals surface area contributed by atoms with Crippen molar-refractivity contribution in [2.24, 2.45) is 5.92 Å². The first-order chi connectivity index (χ1) is 11.0. The van der Waals surface area contributed by atoms with Crippen LogP contribution in [0, 0.1) is 5.92 Å². The van der Waals surface area contributed by atoms with Gasteiger partial charge in [0.15, 0.2) is 17.3 Å². The molecule has 23 heavy (non-hydrogen) atoms. The number of allylic oxidation sites excluding steroid dienone is 2. The van der Waals surface area contributed by atoms with E-state index >= 15 is 0 Å². The van der Waals surface area contributed by atoms with Gasteiger partial charge in [-0.2, -0.15) is 0 Å². The summed E-state index contributed by atoms with van der Waals surface area (Å²) in [6, 6.07) is 4.29. The molecule has 1 aromatic rings. The fourth-order valence-corrected chi connectivity index (χ4v) is 5.06. The van der Waals surface area contributed by atoms with Crippen molar-refractivity contribution in [3.8, 4) is 11.5 Å². The molecule has 0 spiro atoms. The minimum Gasteiger partial charge on any atom is -0.504 e. The zero-order valence-corrected chi connectivity index (χ0v) is 13.9. The third-order valence-corrected chi connectivity index (χ3v) is 6.23. The number of carbonyl (C=O) groups excluding carboxylic acids is 1. The van der Waals surface area contributed by atoms with Crippen LogP contribution in [0.3, 0.4) is 0 Å². The van der Waals surface area contributed by atoms with Gasteiger partial charge in [0.25, 0.3) is 0 Å². The molecular formula is C19H23NO3. The maximum Gasteiger partial charge on any atom is 0.162 e. The third-order valence-electron chi connectivity index (χ3n) is 6.23. The highest BCUT2D eigenvalue weighted by Gasteiger charge is 2.55. The molecular weight excluding hydrogens is 290 g/mol. The molecule has 1 saturated heterocycles. The molecule has 3 aliphatic rings. The highest BCUT2D eigenvalue weighted by Crippen LogP contribution is 2.57. The van der Waals surface area contributed by atoms with Gasteiger partial charge in [0.05, 0.1) is 7.11 Å². The van der Waals surface area contributed by atoms with Crippen molar-refractivity contribution in [2.45, 2.75) is 37.6 Å². The fourth-order valence-electron chi connectivity index (χ4n) is 5.06. The first kappa shape index (κ1) is 14.8. The number of phenols is 1. The van der Waals surface area contributed by atoms with Crippen LogP contribution in [-0.2, 0) is 16.6 Å². The van der Waals surface area contributed by atoms with Crippen LogP contribution in [0.5, 0.6) is 11.5 Å². The Hall–Kier alpha value is -1.81. The number of ether oxygens (including phenoxy) is 1. The first-order valence-corrected chi connectivity index (χ1v) is 8.30. The molecule has 1 aliphatic heterocycles. The van der Waals surface area contributed by atoms with Gasteiger partial charge >= 0.3 is 0 Å². The summed E-state index contributed by atoms with van der Waals surface area (Å²) < 4.78 is 5.35. The van der Waals surface area contributed by atoms with Crippen LogP contribution < -0.4 is 4.74 Å². The van der Waals surface area contributed by atoms with Crippen LogP contribution in [-0.4, -0.2) is 42.5 Å². The number of likely N-dealkylation sites (N-methyl/N-ethyl adjacent to an activating group) is 1. The van der Waals surface area contributed by atoms with Crippen molar-refractivity contribution >= 4 is 5.78 Å². The smallest absolute Gasteiger partial charge is 0.162 e. The Balaban J connectivity index is 2.01. The van der Waals surface area contributed by atoms with E-state index in [1.807, 2.05) is 13.0 Å². The Morgan fingerprint density at radius 1 is 1.35 bits per heavy atom. The number of Topliss-reactive ketones (excluding diaryl/α,β-unsaturated/α-hetero) is 1. The number of fused-ring (bicyclic) bond motifs is 1. The molecule has 1 aromatic carbocycles. The van der Waals surface area contributed by atoms with Crippen LogP contribution in [0.15, 0.2) is 23.8 Å². The summed E-state index contributed by atoms with van der Waals surface area (Å²) >= 11 is 0. The second kappa shape index (κ2) is 4.84. The Morgan fingerprint density at radius 2 is 2.13 bits per heavy atom. The number of rotatable bonds is 1. The molecule has 122 valence electrons. The number of ketones is 1. The zero-order valence-electron chi connectivity index (χ0n) is 13.9. The number of methoxy groups -OCH3 is 1. The molecule has 4 rings (SSSR count). The van der Waals surface area contributed by atoms with Gasteiger partial charge in [-0.05, 0) is 56.5 Å².